The number of hydrogen-bond donors (Lipinski definition) is 1. The van der Waals surface area contributed by atoms with Crippen molar-refractivity contribution >= 4 is 49.3 Å². The van der Waals surface area contributed by atoms with Crippen LogP contribution in [0.25, 0.3) is 10.8 Å². The Labute approximate surface area is 98.0 Å². The third-order valence-corrected chi connectivity index (χ3v) is 3.61. The van der Waals surface area contributed by atoms with Gasteiger partial charge in [0.25, 0.3) is 0 Å². The van der Waals surface area contributed by atoms with Gasteiger partial charge < -0.3 is 5.11 Å². The fraction of sp³-hybridized carbons (Fsp3) is 0. The van der Waals surface area contributed by atoms with Gasteiger partial charge in [-0.15, -0.1) is 0 Å². The summed E-state index contributed by atoms with van der Waals surface area (Å²) in [5, 5.41) is 11.9. The van der Waals surface area contributed by atoms with Crippen molar-refractivity contribution in [2.45, 2.75) is 0 Å². The van der Waals surface area contributed by atoms with E-state index in [4.69, 9.17) is 0 Å². The molecule has 0 aliphatic carbocycles. The van der Waals surface area contributed by atoms with Crippen molar-refractivity contribution in [2.75, 3.05) is 0 Å². The zero-order valence-corrected chi connectivity index (χ0v) is 10.3. The van der Waals surface area contributed by atoms with Crippen molar-refractivity contribution in [3.8, 4) is 5.75 Å². The molecule has 0 unspecified atom stereocenters. The summed E-state index contributed by atoms with van der Waals surface area (Å²) in [5.41, 5.74) is 0. The van der Waals surface area contributed by atoms with Crippen molar-refractivity contribution in [1.29, 1.82) is 0 Å². The molecule has 0 saturated heterocycles. The summed E-state index contributed by atoms with van der Waals surface area (Å²) < 4.78 is 1.64. The summed E-state index contributed by atoms with van der Waals surface area (Å²) >= 11 is 5.46. The van der Waals surface area contributed by atoms with Crippen molar-refractivity contribution in [3.05, 3.63) is 38.4 Å². The van der Waals surface area contributed by atoms with Crippen molar-refractivity contribution in [2.24, 2.45) is 0 Å². The van der Waals surface area contributed by atoms with Gasteiger partial charge in [0, 0.05) is 0 Å². The first-order chi connectivity index (χ1) is 6.20. The predicted octanol–water partition coefficient (Wildman–Crippen LogP) is 3.91. The van der Waals surface area contributed by atoms with Crippen LogP contribution < -0.4 is 0 Å². The summed E-state index contributed by atoms with van der Waals surface area (Å²) in [5.74, 6) is 0.319. The van der Waals surface area contributed by atoms with E-state index in [2.05, 4.69) is 38.5 Å². The van der Waals surface area contributed by atoms with Crippen LogP contribution in [0.3, 0.4) is 0 Å². The Morgan fingerprint density at radius 2 is 1.92 bits per heavy atom. The van der Waals surface area contributed by atoms with Crippen LogP contribution in [0.2, 0.25) is 0 Å². The van der Waals surface area contributed by atoms with Crippen molar-refractivity contribution in [1.82, 2.24) is 0 Å². The van der Waals surface area contributed by atoms with Gasteiger partial charge in [-0.05, 0) is 55.4 Å². The van der Waals surface area contributed by atoms with E-state index in [0.29, 0.717) is 5.75 Å². The van der Waals surface area contributed by atoms with Crippen LogP contribution in [0, 0.1) is 3.57 Å². The first-order valence-electron chi connectivity index (χ1n) is 3.76. The Bertz CT molecular complexity index is 468. The van der Waals surface area contributed by atoms with E-state index < -0.39 is 0 Å². The molecule has 0 heterocycles. The lowest BCUT2D eigenvalue weighted by molar-refractivity contribution is 0.469. The molecule has 0 aliphatic heterocycles. The Hall–Kier alpha value is -0.290. The van der Waals surface area contributed by atoms with Crippen LogP contribution in [-0.2, 0) is 0 Å². The second-order valence-corrected chi connectivity index (χ2v) is 4.68. The number of phenolic OH excluding ortho intramolecular Hbond substituents is 1. The Morgan fingerprint density at radius 3 is 2.69 bits per heavy atom. The van der Waals surface area contributed by atoms with Gasteiger partial charge >= 0.3 is 0 Å². The molecule has 1 N–H and O–H groups in total. The largest absolute Gasteiger partial charge is 0.506 e. The van der Waals surface area contributed by atoms with E-state index in [1.54, 1.807) is 0 Å². The highest BCUT2D eigenvalue weighted by molar-refractivity contribution is 14.1. The second-order valence-electron chi connectivity index (χ2n) is 2.74. The minimum absolute atomic E-state index is 0.319. The summed E-state index contributed by atoms with van der Waals surface area (Å²) in [7, 11) is 0. The molecule has 0 aromatic heterocycles. The van der Waals surface area contributed by atoms with Gasteiger partial charge in [-0.25, -0.2) is 0 Å². The van der Waals surface area contributed by atoms with Crippen LogP contribution in [0.15, 0.2) is 34.8 Å². The molecule has 0 spiro atoms. The van der Waals surface area contributed by atoms with Crippen LogP contribution in [0.1, 0.15) is 0 Å². The average molecular weight is 349 g/mol. The van der Waals surface area contributed by atoms with E-state index in [1.807, 2.05) is 30.3 Å². The normalized spacial score (nSPS) is 10.6. The molecule has 0 fully saturated rings. The lowest BCUT2D eigenvalue weighted by Crippen LogP contribution is -1.80. The second kappa shape index (κ2) is 3.46. The average Bonchev–Trinajstić information content (AvgIpc) is 2.15. The topological polar surface area (TPSA) is 20.2 Å². The molecule has 0 aliphatic rings. The highest BCUT2D eigenvalue weighted by Crippen LogP contribution is 2.35. The standard InChI is InChI=1S/C10H6BrIO/c11-8-5-6-3-1-2-4-7(6)9(12)10(8)13/h1-5,13H. The third kappa shape index (κ3) is 1.55. The number of hydrogen-bond acceptors (Lipinski definition) is 1. The molecular formula is C10H6BrIO. The molecule has 0 amide bonds. The zero-order chi connectivity index (χ0) is 9.42. The molecule has 2 aromatic carbocycles. The van der Waals surface area contributed by atoms with E-state index in [9.17, 15) is 5.11 Å². The van der Waals surface area contributed by atoms with Crippen LogP contribution >= 0.6 is 38.5 Å². The monoisotopic (exact) mass is 348 g/mol. The predicted molar refractivity (Wildman–Crippen MR) is 66.0 cm³/mol. The Balaban J connectivity index is 2.94. The van der Waals surface area contributed by atoms with Gasteiger partial charge in [-0.3, -0.25) is 0 Å². The number of aromatic hydroxyl groups is 1. The van der Waals surface area contributed by atoms with Crippen LogP contribution in [0.5, 0.6) is 5.75 Å². The lowest BCUT2D eigenvalue weighted by Gasteiger charge is -2.04. The first-order valence-corrected chi connectivity index (χ1v) is 5.63. The van der Waals surface area contributed by atoms with Gasteiger partial charge in [0.1, 0.15) is 5.75 Å². The van der Waals surface area contributed by atoms with E-state index in [1.165, 1.54) is 0 Å². The number of benzene rings is 2. The van der Waals surface area contributed by atoms with Gasteiger partial charge in [0.15, 0.2) is 0 Å². The van der Waals surface area contributed by atoms with E-state index in [-0.39, 0.29) is 0 Å². The summed E-state index contributed by atoms with van der Waals surface area (Å²) in [6.45, 7) is 0. The van der Waals surface area contributed by atoms with Crippen molar-refractivity contribution < 1.29 is 5.11 Å². The molecule has 1 nitrogen and oxygen atoms in total. The highest BCUT2D eigenvalue weighted by Gasteiger charge is 2.07. The van der Waals surface area contributed by atoms with E-state index >= 15 is 0 Å². The highest BCUT2D eigenvalue weighted by atomic mass is 127. The minimum Gasteiger partial charge on any atom is -0.506 e. The molecule has 0 atom stereocenters. The molecule has 3 heteroatoms. The third-order valence-electron chi connectivity index (χ3n) is 1.91. The molecule has 2 aromatic rings. The number of fused-ring (bicyclic) bond motifs is 1. The fourth-order valence-electron chi connectivity index (χ4n) is 1.26. The minimum atomic E-state index is 0.319. The van der Waals surface area contributed by atoms with Gasteiger partial charge in [0.05, 0.1) is 8.04 Å². The van der Waals surface area contributed by atoms with Crippen LogP contribution in [0.4, 0.5) is 0 Å². The van der Waals surface area contributed by atoms with Crippen LogP contribution in [-0.4, -0.2) is 5.11 Å². The molecule has 66 valence electrons. The zero-order valence-electron chi connectivity index (χ0n) is 6.59. The lowest BCUT2D eigenvalue weighted by atomic mass is 10.1. The molecular weight excluding hydrogens is 343 g/mol. The van der Waals surface area contributed by atoms with Gasteiger partial charge in [-0.2, -0.15) is 0 Å². The summed E-state index contributed by atoms with van der Waals surface area (Å²) in [6.07, 6.45) is 0. The van der Waals surface area contributed by atoms with Crippen molar-refractivity contribution in [3.63, 3.8) is 0 Å². The number of rotatable bonds is 0. The molecule has 0 radical (unpaired) electrons. The smallest absolute Gasteiger partial charge is 0.143 e. The molecule has 13 heavy (non-hydrogen) atoms. The van der Waals surface area contributed by atoms with Gasteiger partial charge in [-0.1, -0.05) is 24.3 Å². The summed E-state index contributed by atoms with van der Waals surface area (Å²) in [4.78, 5) is 0. The Morgan fingerprint density at radius 1 is 1.23 bits per heavy atom. The Kier molecular flexibility index (Phi) is 2.47. The maximum Gasteiger partial charge on any atom is 0.143 e. The SMILES string of the molecule is Oc1c(Br)cc2ccccc2c1I. The molecule has 2 rings (SSSR count). The number of halogens is 2. The molecule has 0 bridgehead atoms. The van der Waals surface area contributed by atoms with Gasteiger partial charge in [0.2, 0.25) is 0 Å². The van der Waals surface area contributed by atoms with E-state index in [0.717, 1.165) is 18.8 Å². The fourth-order valence-corrected chi connectivity index (χ4v) is 2.86. The quantitative estimate of drug-likeness (QED) is 0.715. The molecule has 0 saturated carbocycles. The summed E-state index contributed by atoms with van der Waals surface area (Å²) in [6, 6.07) is 9.91. The maximum atomic E-state index is 9.65. The first kappa shape index (κ1) is 9.27. The maximum absolute atomic E-state index is 9.65. The number of phenols is 1.